The van der Waals surface area contributed by atoms with Crippen molar-refractivity contribution in [1.82, 2.24) is 0 Å². The van der Waals surface area contributed by atoms with Crippen LogP contribution in [0.1, 0.15) is 10.4 Å². The molecule has 0 radical (unpaired) electrons. The van der Waals surface area contributed by atoms with E-state index in [1.807, 2.05) is 6.07 Å². The molecule has 0 aliphatic heterocycles. The van der Waals surface area contributed by atoms with Crippen LogP contribution < -0.4 is 11.1 Å². The molecule has 0 aromatic heterocycles. The van der Waals surface area contributed by atoms with Gasteiger partial charge in [-0.1, -0.05) is 28.1 Å². The summed E-state index contributed by atoms with van der Waals surface area (Å²) in [6, 6.07) is 11.2. The average molecular weight is 309 g/mol. The van der Waals surface area contributed by atoms with Gasteiger partial charge in [0.15, 0.2) is 0 Å². The summed E-state index contributed by atoms with van der Waals surface area (Å²) in [4.78, 5) is 11.9. The summed E-state index contributed by atoms with van der Waals surface area (Å²) >= 11 is 3.30. The normalized spacial score (nSPS) is 10.1. The molecule has 2 aromatic rings. The van der Waals surface area contributed by atoms with E-state index in [-0.39, 0.29) is 11.3 Å². The SMILES string of the molecule is Nc1c(F)cccc1C(=O)Nc1cccc(Br)c1. The molecule has 1 amide bonds. The Hall–Kier alpha value is -1.88. The van der Waals surface area contributed by atoms with Crippen LogP contribution in [0.2, 0.25) is 0 Å². The lowest BCUT2D eigenvalue weighted by molar-refractivity contribution is 0.102. The topological polar surface area (TPSA) is 55.1 Å². The van der Waals surface area contributed by atoms with E-state index in [1.165, 1.54) is 18.2 Å². The monoisotopic (exact) mass is 308 g/mol. The van der Waals surface area contributed by atoms with Gasteiger partial charge >= 0.3 is 0 Å². The second kappa shape index (κ2) is 5.18. The second-order valence-electron chi connectivity index (χ2n) is 3.67. The van der Waals surface area contributed by atoms with E-state index < -0.39 is 11.7 Å². The Morgan fingerprint density at radius 1 is 1.22 bits per heavy atom. The summed E-state index contributed by atoms with van der Waals surface area (Å²) < 4.78 is 14.1. The fourth-order valence-electron chi connectivity index (χ4n) is 1.50. The highest BCUT2D eigenvalue weighted by Gasteiger charge is 2.12. The fraction of sp³-hybridized carbons (Fsp3) is 0. The zero-order valence-electron chi connectivity index (χ0n) is 9.28. The number of para-hydroxylation sites is 1. The molecule has 18 heavy (non-hydrogen) atoms. The molecule has 3 nitrogen and oxygen atoms in total. The number of nitrogen functional groups attached to an aromatic ring is 1. The van der Waals surface area contributed by atoms with E-state index >= 15 is 0 Å². The van der Waals surface area contributed by atoms with Gasteiger partial charge in [0.1, 0.15) is 5.82 Å². The van der Waals surface area contributed by atoms with E-state index in [2.05, 4.69) is 21.2 Å². The molecule has 0 atom stereocenters. The van der Waals surface area contributed by atoms with Crippen molar-refractivity contribution in [1.29, 1.82) is 0 Å². The first-order valence-electron chi connectivity index (χ1n) is 5.19. The molecule has 0 spiro atoms. The molecule has 0 saturated heterocycles. The number of rotatable bonds is 2. The number of nitrogens with two attached hydrogens (primary N) is 1. The highest BCUT2D eigenvalue weighted by Crippen LogP contribution is 2.19. The van der Waals surface area contributed by atoms with Gasteiger partial charge in [-0.2, -0.15) is 0 Å². The van der Waals surface area contributed by atoms with Gasteiger partial charge in [-0.05, 0) is 30.3 Å². The maximum Gasteiger partial charge on any atom is 0.257 e. The molecule has 3 N–H and O–H groups in total. The summed E-state index contributed by atoms with van der Waals surface area (Å²) in [5.41, 5.74) is 6.10. The molecule has 5 heteroatoms. The quantitative estimate of drug-likeness (QED) is 0.835. The van der Waals surface area contributed by atoms with Gasteiger partial charge in [-0.3, -0.25) is 4.79 Å². The van der Waals surface area contributed by atoms with Crippen molar-refractivity contribution in [3.05, 3.63) is 58.3 Å². The number of anilines is 2. The van der Waals surface area contributed by atoms with Gasteiger partial charge < -0.3 is 11.1 Å². The zero-order chi connectivity index (χ0) is 13.1. The fourth-order valence-corrected chi connectivity index (χ4v) is 1.90. The number of nitrogens with one attached hydrogen (secondary N) is 1. The maximum absolute atomic E-state index is 13.2. The number of amides is 1. The van der Waals surface area contributed by atoms with Crippen molar-refractivity contribution in [2.24, 2.45) is 0 Å². The first-order valence-corrected chi connectivity index (χ1v) is 5.98. The number of benzene rings is 2. The molecule has 92 valence electrons. The molecule has 0 saturated carbocycles. The van der Waals surface area contributed by atoms with E-state index in [0.29, 0.717) is 5.69 Å². The molecule has 0 bridgehead atoms. The Balaban J connectivity index is 2.25. The van der Waals surface area contributed by atoms with Crippen LogP contribution >= 0.6 is 15.9 Å². The van der Waals surface area contributed by atoms with Crippen molar-refractivity contribution >= 4 is 33.2 Å². The van der Waals surface area contributed by atoms with E-state index in [0.717, 1.165) is 4.47 Å². The van der Waals surface area contributed by atoms with E-state index in [1.54, 1.807) is 18.2 Å². The molecule has 2 aromatic carbocycles. The lowest BCUT2D eigenvalue weighted by Crippen LogP contribution is -2.14. The second-order valence-corrected chi connectivity index (χ2v) is 4.58. The van der Waals surface area contributed by atoms with Crippen LogP contribution in [0.25, 0.3) is 0 Å². The summed E-state index contributed by atoms with van der Waals surface area (Å²) in [7, 11) is 0. The van der Waals surface area contributed by atoms with Crippen LogP contribution in [0.4, 0.5) is 15.8 Å². The lowest BCUT2D eigenvalue weighted by Gasteiger charge is -2.08. The Bertz CT molecular complexity index is 601. The number of carbonyl (C=O) groups is 1. The lowest BCUT2D eigenvalue weighted by atomic mass is 10.1. The molecule has 0 unspecified atom stereocenters. The first kappa shape index (κ1) is 12.6. The van der Waals surface area contributed by atoms with Gasteiger partial charge in [-0.15, -0.1) is 0 Å². The van der Waals surface area contributed by atoms with Crippen molar-refractivity contribution in [2.45, 2.75) is 0 Å². The standard InChI is InChI=1S/C13H10BrFN2O/c14-8-3-1-4-9(7-8)17-13(18)10-5-2-6-11(15)12(10)16/h1-7H,16H2,(H,17,18). The first-order chi connectivity index (χ1) is 8.58. The number of halogens is 2. The molecular weight excluding hydrogens is 299 g/mol. The summed E-state index contributed by atoms with van der Waals surface area (Å²) in [5, 5.41) is 2.65. The van der Waals surface area contributed by atoms with E-state index in [4.69, 9.17) is 5.73 Å². The summed E-state index contributed by atoms with van der Waals surface area (Å²) in [6.07, 6.45) is 0. The third-order valence-corrected chi connectivity index (χ3v) is 2.87. The van der Waals surface area contributed by atoms with Crippen molar-refractivity contribution in [2.75, 3.05) is 11.1 Å². The Kier molecular flexibility index (Phi) is 3.62. The molecule has 0 aliphatic rings. The largest absolute Gasteiger partial charge is 0.396 e. The van der Waals surface area contributed by atoms with Crippen LogP contribution in [0.15, 0.2) is 46.9 Å². The smallest absolute Gasteiger partial charge is 0.257 e. The van der Waals surface area contributed by atoms with Crippen LogP contribution in [0, 0.1) is 5.82 Å². The number of hydrogen-bond acceptors (Lipinski definition) is 2. The van der Waals surface area contributed by atoms with Crippen molar-refractivity contribution in [3.63, 3.8) is 0 Å². The van der Waals surface area contributed by atoms with Crippen LogP contribution in [0.5, 0.6) is 0 Å². The van der Waals surface area contributed by atoms with Gasteiger partial charge in [0.2, 0.25) is 0 Å². The van der Waals surface area contributed by atoms with Gasteiger partial charge in [-0.25, -0.2) is 4.39 Å². The minimum Gasteiger partial charge on any atom is -0.396 e. The van der Waals surface area contributed by atoms with Crippen LogP contribution in [-0.2, 0) is 0 Å². The molecule has 0 heterocycles. The van der Waals surface area contributed by atoms with Gasteiger partial charge in [0, 0.05) is 10.2 Å². The summed E-state index contributed by atoms with van der Waals surface area (Å²) in [6.45, 7) is 0. The van der Waals surface area contributed by atoms with Crippen molar-refractivity contribution < 1.29 is 9.18 Å². The number of hydrogen-bond donors (Lipinski definition) is 2. The molecular formula is C13H10BrFN2O. The van der Waals surface area contributed by atoms with E-state index in [9.17, 15) is 9.18 Å². The molecule has 2 rings (SSSR count). The van der Waals surface area contributed by atoms with Crippen LogP contribution in [0.3, 0.4) is 0 Å². The Labute approximate surface area is 112 Å². The minimum atomic E-state index is -0.600. The highest BCUT2D eigenvalue weighted by atomic mass is 79.9. The average Bonchev–Trinajstić information content (AvgIpc) is 2.32. The molecule has 0 aliphatic carbocycles. The Morgan fingerprint density at radius 2 is 1.94 bits per heavy atom. The number of carbonyl (C=O) groups excluding carboxylic acids is 1. The maximum atomic E-state index is 13.2. The van der Waals surface area contributed by atoms with Gasteiger partial charge in [0.25, 0.3) is 5.91 Å². The predicted octanol–water partition coefficient (Wildman–Crippen LogP) is 3.42. The predicted molar refractivity (Wildman–Crippen MR) is 72.9 cm³/mol. The highest BCUT2D eigenvalue weighted by molar-refractivity contribution is 9.10. The van der Waals surface area contributed by atoms with Crippen molar-refractivity contribution in [3.8, 4) is 0 Å². The minimum absolute atomic E-state index is 0.120. The zero-order valence-corrected chi connectivity index (χ0v) is 10.9. The Morgan fingerprint density at radius 3 is 2.67 bits per heavy atom. The summed E-state index contributed by atoms with van der Waals surface area (Å²) in [5.74, 6) is -1.04. The third-order valence-electron chi connectivity index (χ3n) is 2.38. The van der Waals surface area contributed by atoms with Crippen LogP contribution in [-0.4, -0.2) is 5.91 Å². The molecule has 0 fully saturated rings. The third kappa shape index (κ3) is 2.68. The van der Waals surface area contributed by atoms with Gasteiger partial charge in [0.05, 0.1) is 11.3 Å².